The fourth-order valence-electron chi connectivity index (χ4n) is 2.14. The molecule has 0 aromatic carbocycles. The van der Waals surface area contributed by atoms with Crippen LogP contribution in [0.4, 0.5) is 0 Å². The lowest BCUT2D eigenvalue weighted by Crippen LogP contribution is -2.44. The number of hydrogen-bond donors (Lipinski definition) is 1. The van der Waals surface area contributed by atoms with E-state index in [-0.39, 0.29) is 5.91 Å². The van der Waals surface area contributed by atoms with Crippen LogP contribution in [-0.2, 0) is 16.1 Å². The summed E-state index contributed by atoms with van der Waals surface area (Å²) >= 11 is 0. The van der Waals surface area contributed by atoms with Gasteiger partial charge in [-0.3, -0.25) is 4.79 Å². The van der Waals surface area contributed by atoms with Gasteiger partial charge < -0.3 is 14.6 Å². The number of nitriles is 1. The van der Waals surface area contributed by atoms with Crippen molar-refractivity contribution in [2.75, 3.05) is 20.3 Å². The van der Waals surface area contributed by atoms with E-state index in [1.165, 1.54) is 0 Å². The first-order valence-corrected chi connectivity index (χ1v) is 5.91. The zero-order chi connectivity index (χ0) is 13.0. The molecule has 1 aliphatic rings. The Morgan fingerprint density at radius 2 is 2.39 bits per heavy atom. The third-order valence-corrected chi connectivity index (χ3v) is 3.26. The highest BCUT2D eigenvalue weighted by molar-refractivity contribution is 5.85. The van der Waals surface area contributed by atoms with E-state index in [9.17, 15) is 10.1 Å². The van der Waals surface area contributed by atoms with Gasteiger partial charge in [0.25, 0.3) is 0 Å². The van der Waals surface area contributed by atoms with Crippen LogP contribution in [0.1, 0.15) is 18.7 Å². The normalized spacial score (nSPS) is 18.0. The highest BCUT2D eigenvalue weighted by Gasteiger charge is 2.42. The largest absolute Gasteiger partial charge is 0.381 e. The Kier molecular flexibility index (Phi) is 3.63. The maximum Gasteiger partial charge on any atom is 0.243 e. The Bertz CT molecular complexity index is 443. The number of nitrogens with one attached hydrogen (secondary N) is 1. The predicted octanol–water partition coefficient (Wildman–Crippen LogP) is 0.688. The van der Waals surface area contributed by atoms with Crippen molar-refractivity contribution >= 4 is 5.91 Å². The van der Waals surface area contributed by atoms with E-state index >= 15 is 0 Å². The number of imidazole rings is 1. The van der Waals surface area contributed by atoms with Gasteiger partial charge in [0.05, 0.1) is 12.6 Å². The van der Waals surface area contributed by atoms with E-state index in [1.54, 1.807) is 24.3 Å². The summed E-state index contributed by atoms with van der Waals surface area (Å²) < 4.78 is 5.22. The molecule has 96 valence electrons. The third kappa shape index (κ3) is 2.36. The molecular weight excluding hydrogens is 232 g/mol. The Labute approximate surface area is 106 Å². The number of hydrogen-bond acceptors (Lipinski definition) is 4. The molecule has 1 amide bonds. The summed E-state index contributed by atoms with van der Waals surface area (Å²) in [5.74, 6) is 0.565. The molecule has 1 aliphatic heterocycles. The van der Waals surface area contributed by atoms with Crippen LogP contribution in [-0.4, -0.2) is 41.0 Å². The molecule has 18 heavy (non-hydrogen) atoms. The number of carbonyl (C=O) groups is 1. The van der Waals surface area contributed by atoms with Gasteiger partial charge in [-0.25, -0.2) is 4.98 Å². The van der Waals surface area contributed by atoms with Gasteiger partial charge >= 0.3 is 0 Å². The lowest BCUT2D eigenvalue weighted by molar-refractivity contribution is -0.142. The highest BCUT2D eigenvalue weighted by atomic mass is 16.5. The van der Waals surface area contributed by atoms with Crippen LogP contribution in [0.15, 0.2) is 12.4 Å². The fraction of sp³-hybridized carbons (Fsp3) is 0.583. The molecule has 0 aliphatic carbocycles. The quantitative estimate of drug-likeness (QED) is 0.853. The van der Waals surface area contributed by atoms with Crippen molar-refractivity contribution < 1.29 is 9.53 Å². The van der Waals surface area contributed by atoms with Crippen LogP contribution in [0, 0.1) is 16.7 Å². The summed E-state index contributed by atoms with van der Waals surface area (Å²) in [6.45, 7) is 1.32. The Morgan fingerprint density at radius 3 is 2.94 bits per heavy atom. The number of aromatic nitrogens is 2. The van der Waals surface area contributed by atoms with E-state index < -0.39 is 5.41 Å². The first kappa shape index (κ1) is 12.6. The van der Waals surface area contributed by atoms with Crippen LogP contribution in [0.3, 0.4) is 0 Å². The molecule has 0 unspecified atom stereocenters. The zero-order valence-corrected chi connectivity index (χ0v) is 10.3. The second-order valence-corrected chi connectivity index (χ2v) is 4.50. The van der Waals surface area contributed by atoms with Gasteiger partial charge in [-0.1, -0.05) is 0 Å². The van der Waals surface area contributed by atoms with Crippen LogP contribution in [0.2, 0.25) is 0 Å². The van der Waals surface area contributed by atoms with E-state index in [2.05, 4.69) is 16.0 Å². The number of amides is 1. The number of H-pyrrole nitrogens is 1. The fourth-order valence-corrected chi connectivity index (χ4v) is 2.14. The summed E-state index contributed by atoms with van der Waals surface area (Å²) in [7, 11) is 1.69. The number of ether oxygens (including phenoxy) is 1. The van der Waals surface area contributed by atoms with Gasteiger partial charge in [-0.15, -0.1) is 0 Å². The second-order valence-electron chi connectivity index (χ2n) is 4.50. The zero-order valence-electron chi connectivity index (χ0n) is 10.3. The SMILES string of the molecule is CN(Cc1ncc[nH]1)C(=O)C1(C#N)CCOCC1. The first-order chi connectivity index (χ1) is 8.68. The molecule has 1 N–H and O–H groups in total. The number of rotatable bonds is 3. The molecule has 0 bridgehead atoms. The Morgan fingerprint density at radius 1 is 1.67 bits per heavy atom. The highest BCUT2D eigenvalue weighted by Crippen LogP contribution is 2.31. The lowest BCUT2D eigenvalue weighted by Gasteiger charge is -2.32. The second kappa shape index (κ2) is 5.19. The molecule has 1 fully saturated rings. The van der Waals surface area contributed by atoms with Gasteiger partial charge in [0.15, 0.2) is 0 Å². The molecule has 2 rings (SSSR count). The minimum atomic E-state index is -0.931. The standard InChI is InChI=1S/C12H16N4O2/c1-16(8-10-14-4-5-15-10)11(17)12(9-13)2-6-18-7-3-12/h4-5H,2-3,6-8H2,1H3,(H,14,15). The van der Waals surface area contributed by atoms with Crippen molar-refractivity contribution in [3.8, 4) is 6.07 Å². The van der Waals surface area contributed by atoms with Crippen molar-refractivity contribution in [3.63, 3.8) is 0 Å². The van der Waals surface area contributed by atoms with Crippen LogP contribution in [0.5, 0.6) is 0 Å². The third-order valence-electron chi connectivity index (χ3n) is 3.26. The first-order valence-electron chi connectivity index (χ1n) is 5.91. The summed E-state index contributed by atoms with van der Waals surface area (Å²) in [4.78, 5) is 21.0. The molecule has 0 radical (unpaired) electrons. The molecule has 6 heteroatoms. The molecule has 0 spiro atoms. The number of carbonyl (C=O) groups excluding carboxylic acids is 1. The van der Waals surface area contributed by atoms with E-state index in [0.29, 0.717) is 38.4 Å². The van der Waals surface area contributed by atoms with Gasteiger partial charge in [-0.2, -0.15) is 5.26 Å². The Balaban J connectivity index is 2.07. The molecule has 6 nitrogen and oxygen atoms in total. The lowest BCUT2D eigenvalue weighted by atomic mass is 9.80. The molecule has 0 atom stereocenters. The summed E-state index contributed by atoms with van der Waals surface area (Å²) in [5, 5.41) is 9.31. The van der Waals surface area contributed by atoms with E-state index in [4.69, 9.17) is 4.74 Å². The smallest absolute Gasteiger partial charge is 0.243 e. The van der Waals surface area contributed by atoms with Crippen LogP contribution in [0.25, 0.3) is 0 Å². The van der Waals surface area contributed by atoms with E-state index in [0.717, 1.165) is 0 Å². The van der Waals surface area contributed by atoms with Gasteiger partial charge in [-0.05, 0) is 12.8 Å². The summed E-state index contributed by atoms with van der Waals surface area (Å²) in [5.41, 5.74) is -0.931. The average molecular weight is 248 g/mol. The number of aromatic amines is 1. The van der Waals surface area contributed by atoms with Gasteiger partial charge in [0.1, 0.15) is 11.2 Å². The minimum absolute atomic E-state index is 0.148. The maximum absolute atomic E-state index is 12.4. The maximum atomic E-state index is 12.4. The van der Waals surface area contributed by atoms with Crippen molar-refractivity contribution in [2.45, 2.75) is 19.4 Å². The van der Waals surface area contributed by atoms with Crippen LogP contribution < -0.4 is 0 Å². The average Bonchev–Trinajstić information content (AvgIpc) is 2.91. The molecule has 2 heterocycles. The monoisotopic (exact) mass is 248 g/mol. The Hall–Kier alpha value is -1.87. The summed E-state index contributed by atoms with van der Waals surface area (Å²) in [6, 6.07) is 2.18. The minimum Gasteiger partial charge on any atom is -0.381 e. The van der Waals surface area contributed by atoms with E-state index in [1.807, 2.05) is 0 Å². The topological polar surface area (TPSA) is 82.0 Å². The molecule has 1 aromatic rings. The molecule has 1 saturated heterocycles. The molecular formula is C12H16N4O2. The van der Waals surface area contributed by atoms with Gasteiger partial charge in [0, 0.05) is 32.7 Å². The van der Waals surface area contributed by atoms with Gasteiger partial charge in [0.2, 0.25) is 5.91 Å². The van der Waals surface area contributed by atoms with Crippen molar-refractivity contribution in [1.29, 1.82) is 5.26 Å². The molecule has 0 saturated carbocycles. The van der Waals surface area contributed by atoms with Crippen molar-refractivity contribution in [1.82, 2.24) is 14.9 Å². The summed E-state index contributed by atoms with van der Waals surface area (Å²) in [6.07, 6.45) is 4.28. The van der Waals surface area contributed by atoms with Crippen LogP contribution >= 0.6 is 0 Å². The predicted molar refractivity (Wildman–Crippen MR) is 63.2 cm³/mol. The molecule has 1 aromatic heterocycles. The number of nitrogens with zero attached hydrogens (tertiary/aromatic N) is 3. The van der Waals surface area contributed by atoms with Crippen molar-refractivity contribution in [2.24, 2.45) is 5.41 Å². The van der Waals surface area contributed by atoms with Crippen molar-refractivity contribution in [3.05, 3.63) is 18.2 Å².